The number of hydrogen-bond donors (Lipinski definition) is 1. The second-order valence-electron chi connectivity index (χ2n) is 6.18. The van der Waals surface area contributed by atoms with Crippen molar-refractivity contribution in [2.24, 2.45) is 0 Å². The van der Waals surface area contributed by atoms with Crippen molar-refractivity contribution in [3.63, 3.8) is 0 Å². The van der Waals surface area contributed by atoms with Gasteiger partial charge in [-0.15, -0.1) is 0 Å². The Balaban J connectivity index is 2.58. The molecule has 1 N–H and O–H groups in total. The fourth-order valence-corrected chi connectivity index (χ4v) is 3.56. The molecule has 24 heavy (non-hydrogen) atoms. The third-order valence-electron chi connectivity index (χ3n) is 2.93. The van der Waals surface area contributed by atoms with E-state index < -0.39 is 19.3 Å². The van der Waals surface area contributed by atoms with Crippen molar-refractivity contribution < 1.29 is 23.1 Å². The zero-order chi connectivity index (χ0) is 18.2. The Morgan fingerprint density at radius 2 is 1.62 bits per heavy atom. The van der Waals surface area contributed by atoms with Crippen LogP contribution < -0.4 is 10.6 Å². The van der Waals surface area contributed by atoms with Crippen LogP contribution in [0.5, 0.6) is 0 Å². The lowest BCUT2D eigenvalue weighted by atomic mass is 10.1. The van der Waals surface area contributed by atoms with Crippen LogP contribution in [0.4, 0.5) is 4.79 Å². The molecule has 0 heterocycles. The number of hydrogen-bond acceptors (Lipinski definition) is 5. The van der Waals surface area contributed by atoms with Gasteiger partial charge >= 0.3 is 13.7 Å². The van der Waals surface area contributed by atoms with Crippen LogP contribution in [-0.2, 0) is 24.8 Å². The number of rotatable bonds is 8. The maximum atomic E-state index is 12.6. The van der Waals surface area contributed by atoms with Gasteiger partial charge in [-0.25, -0.2) is 4.79 Å². The van der Waals surface area contributed by atoms with Crippen molar-refractivity contribution in [1.82, 2.24) is 5.32 Å². The molecule has 0 spiro atoms. The summed E-state index contributed by atoms with van der Waals surface area (Å²) in [4.78, 5) is 11.6. The van der Waals surface area contributed by atoms with Crippen molar-refractivity contribution in [3.05, 3.63) is 29.8 Å². The summed E-state index contributed by atoms with van der Waals surface area (Å²) in [6.07, 6.45) is 0.212. The van der Waals surface area contributed by atoms with E-state index in [9.17, 15) is 9.36 Å². The number of nitrogens with one attached hydrogen (secondary N) is 1. The van der Waals surface area contributed by atoms with E-state index in [1.54, 1.807) is 26.0 Å². The zero-order valence-corrected chi connectivity index (χ0v) is 16.0. The molecule has 0 saturated heterocycles. The number of ether oxygens (including phenoxy) is 1. The van der Waals surface area contributed by atoms with Gasteiger partial charge in [-0.05, 0) is 58.7 Å². The number of carbonyl (C=O) groups excluding carboxylic acids is 1. The average Bonchev–Trinajstić information content (AvgIpc) is 2.46. The molecular weight excluding hydrogens is 329 g/mol. The third kappa shape index (κ3) is 7.04. The Bertz CT molecular complexity index is 555. The van der Waals surface area contributed by atoms with Crippen LogP contribution in [0.25, 0.3) is 0 Å². The topological polar surface area (TPSA) is 73.9 Å². The maximum absolute atomic E-state index is 12.6. The van der Waals surface area contributed by atoms with Gasteiger partial charge in [-0.2, -0.15) is 0 Å². The van der Waals surface area contributed by atoms with E-state index in [2.05, 4.69) is 5.32 Å². The lowest BCUT2D eigenvalue weighted by molar-refractivity contribution is 0.0528. The van der Waals surface area contributed by atoms with Crippen LogP contribution in [0.2, 0.25) is 0 Å². The molecule has 1 amide bonds. The fraction of sp³-hybridized carbons (Fsp3) is 0.588. The van der Waals surface area contributed by atoms with Crippen LogP contribution >= 0.6 is 7.60 Å². The van der Waals surface area contributed by atoms with Crippen LogP contribution in [0.1, 0.15) is 40.2 Å². The second kappa shape index (κ2) is 9.21. The van der Waals surface area contributed by atoms with Gasteiger partial charge in [0.2, 0.25) is 0 Å². The summed E-state index contributed by atoms with van der Waals surface area (Å²) in [6, 6.07) is 7.21. The first kappa shape index (κ1) is 20.7. The SMILES string of the molecule is CCOP(=O)(OCC)c1ccc(CCNC(=O)OC(C)(C)C)cc1. The Morgan fingerprint density at radius 3 is 2.08 bits per heavy atom. The Kier molecular flexibility index (Phi) is 7.94. The minimum Gasteiger partial charge on any atom is -0.444 e. The third-order valence-corrected chi connectivity index (χ3v) is 5.06. The van der Waals surface area contributed by atoms with Gasteiger partial charge in [0.15, 0.2) is 0 Å². The molecule has 0 radical (unpaired) electrons. The first-order chi connectivity index (χ1) is 11.2. The second-order valence-corrected chi connectivity index (χ2v) is 8.21. The molecular formula is C17H28NO5P. The number of alkyl carbamates (subject to hydrolysis) is 1. The van der Waals surface area contributed by atoms with Crippen LogP contribution in [0.15, 0.2) is 24.3 Å². The molecule has 136 valence electrons. The molecule has 0 unspecified atom stereocenters. The minimum absolute atomic E-state index is 0.318. The first-order valence-electron chi connectivity index (χ1n) is 8.15. The molecule has 0 aliphatic heterocycles. The summed E-state index contributed by atoms with van der Waals surface area (Å²) in [6.45, 7) is 10.1. The van der Waals surface area contributed by atoms with Gasteiger partial charge in [0.05, 0.1) is 18.5 Å². The summed E-state index contributed by atoms with van der Waals surface area (Å²) in [5, 5.41) is 3.24. The normalized spacial score (nSPS) is 12.0. The van der Waals surface area contributed by atoms with Gasteiger partial charge in [0.1, 0.15) is 5.60 Å². The largest absolute Gasteiger partial charge is 0.444 e. The van der Waals surface area contributed by atoms with E-state index in [0.29, 0.717) is 31.5 Å². The lowest BCUT2D eigenvalue weighted by Gasteiger charge is -2.19. The molecule has 0 aromatic heterocycles. The zero-order valence-electron chi connectivity index (χ0n) is 15.1. The van der Waals surface area contributed by atoms with Gasteiger partial charge < -0.3 is 19.1 Å². The number of carbonyl (C=O) groups is 1. The van der Waals surface area contributed by atoms with Crippen molar-refractivity contribution >= 4 is 19.0 Å². The smallest absolute Gasteiger partial charge is 0.407 e. The molecule has 0 bridgehead atoms. The van der Waals surface area contributed by atoms with Crippen molar-refractivity contribution in [2.75, 3.05) is 19.8 Å². The van der Waals surface area contributed by atoms with E-state index in [0.717, 1.165) is 5.56 Å². The van der Waals surface area contributed by atoms with E-state index >= 15 is 0 Å². The molecule has 6 nitrogen and oxygen atoms in total. The van der Waals surface area contributed by atoms with E-state index in [-0.39, 0.29) is 0 Å². The molecule has 0 aliphatic rings. The summed E-state index contributed by atoms with van der Waals surface area (Å²) in [7, 11) is -3.25. The number of amides is 1. The van der Waals surface area contributed by atoms with Gasteiger partial charge in [0.25, 0.3) is 0 Å². The Morgan fingerprint density at radius 1 is 1.08 bits per heavy atom. The van der Waals surface area contributed by atoms with Crippen molar-refractivity contribution in [3.8, 4) is 0 Å². The van der Waals surface area contributed by atoms with Crippen molar-refractivity contribution in [1.29, 1.82) is 0 Å². The lowest BCUT2D eigenvalue weighted by Crippen LogP contribution is -2.33. The standard InChI is InChI=1S/C17H28NO5P/c1-6-21-24(20,22-7-2)15-10-8-14(9-11-15)12-13-18-16(19)23-17(3,4)5/h8-11H,6-7,12-13H2,1-5H3,(H,18,19). The van der Waals surface area contributed by atoms with Crippen molar-refractivity contribution in [2.45, 2.75) is 46.6 Å². The van der Waals surface area contributed by atoms with Gasteiger partial charge in [-0.3, -0.25) is 4.57 Å². The minimum atomic E-state index is -3.25. The average molecular weight is 357 g/mol. The highest BCUT2D eigenvalue weighted by Crippen LogP contribution is 2.46. The highest BCUT2D eigenvalue weighted by atomic mass is 31.2. The molecule has 0 aliphatic carbocycles. The summed E-state index contributed by atoms with van der Waals surface area (Å²) < 4.78 is 28.4. The summed E-state index contributed by atoms with van der Waals surface area (Å²) in [5.41, 5.74) is 0.500. The monoisotopic (exact) mass is 357 g/mol. The quantitative estimate of drug-likeness (QED) is 0.719. The molecule has 1 rings (SSSR count). The Hall–Kier alpha value is -1.36. The van der Waals surface area contributed by atoms with Gasteiger partial charge in [-0.1, -0.05) is 12.1 Å². The fourth-order valence-electron chi connectivity index (χ4n) is 1.99. The van der Waals surface area contributed by atoms with Crippen LogP contribution in [0.3, 0.4) is 0 Å². The highest BCUT2D eigenvalue weighted by Gasteiger charge is 2.26. The molecule has 7 heteroatoms. The van der Waals surface area contributed by atoms with E-state index in [4.69, 9.17) is 13.8 Å². The van der Waals surface area contributed by atoms with Crippen LogP contribution in [-0.4, -0.2) is 31.5 Å². The Labute approximate surface area is 144 Å². The first-order valence-corrected chi connectivity index (χ1v) is 9.70. The maximum Gasteiger partial charge on any atom is 0.407 e. The number of benzene rings is 1. The highest BCUT2D eigenvalue weighted by molar-refractivity contribution is 7.62. The van der Waals surface area contributed by atoms with E-state index in [1.165, 1.54) is 0 Å². The summed E-state index contributed by atoms with van der Waals surface area (Å²) >= 11 is 0. The van der Waals surface area contributed by atoms with E-state index in [1.807, 2.05) is 32.9 Å². The molecule has 0 fully saturated rings. The predicted octanol–water partition coefficient (Wildman–Crippen LogP) is 3.65. The molecule has 1 aromatic rings. The molecule has 0 atom stereocenters. The van der Waals surface area contributed by atoms with Gasteiger partial charge in [0, 0.05) is 6.54 Å². The summed E-state index contributed by atoms with van der Waals surface area (Å²) in [5.74, 6) is 0. The van der Waals surface area contributed by atoms with Crippen LogP contribution in [0, 0.1) is 0 Å². The predicted molar refractivity (Wildman–Crippen MR) is 94.9 cm³/mol. The molecule has 1 aromatic carbocycles. The molecule has 0 saturated carbocycles.